The second-order valence-corrected chi connectivity index (χ2v) is 8.07. The molecule has 1 rings (SSSR count). The lowest BCUT2D eigenvalue weighted by Gasteiger charge is -2.28. The van der Waals surface area contributed by atoms with Crippen molar-refractivity contribution in [3.63, 3.8) is 0 Å². The minimum atomic E-state index is -2.64. The highest BCUT2D eigenvalue weighted by atomic mass is 28.4. The van der Waals surface area contributed by atoms with Gasteiger partial charge in [0, 0.05) is 25.9 Å². The molecule has 0 spiro atoms. The second kappa shape index (κ2) is 11.5. The van der Waals surface area contributed by atoms with Crippen LogP contribution in [0.4, 0.5) is 0 Å². The lowest BCUT2D eigenvalue weighted by atomic mass is 10.0. The summed E-state index contributed by atoms with van der Waals surface area (Å²) in [6, 6.07) is 8.49. The molecule has 1 aromatic carbocycles. The van der Waals surface area contributed by atoms with Crippen molar-refractivity contribution >= 4 is 14.9 Å². The Bertz CT molecular complexity index is 446. The van der Waals surface area contributed by atoms with Crippen LogP contribution in [0.5, 0.6) is 0 Å². The molecule has 0 bridgehead atoms. The number of hydrogen-bond acceptors (Lipinski definition) is 5. The van der Waals surface area contributed by atoms with Crippen molar-refractivity contribution < 1.29 is 23.4 Å². The molecule has 1 unspecified atom stereocenters. The molecule has 0 aliphatic rings. The summed E-state index contributed by atoms with van der Waals surface area (Å²) in [6.45, 7) is 11.3. The van der Waals surface area contributed by atoms with Crippen LogP contribution >= 0.6 is 0 Å². The molecule has 1 aromatic rings. The van der Waals surface area contributed by atoms with E-state index in [1.807, 2.05) is 45.0 Å². The predicted molar refractivity (Wildman–Crippen MR) is 97.7 cm³/mol. The summed E-state index contributed by atoms with van der Waals surface area (Å²) < 4.78 is 17.5. The van der Waals surface area contributed by atoms with Gasteiger partial charge >= 0.3 is 8.80 Å². The zero-order valence-corrected chi connectivity index (χ0v) is 16.0. The summed E-state index contributed by atoms with van der Waals surface area (Å²) in [5, 5.41) is 9.24. The minimum absolute atomic E-state index is 0.375. The summed E-state index contributed by atoms with van der Waals surface area (Å²) in [4.78, 5) is 4.67. The van der Waals surface area contributed by atoms with E-state index in [2.05, 4.69) is 11.5 Å². The highest BCUT2D eigenvalue weighted by Crippen LogP contribution is 2.27. The fourth-order valence-electron chi connectivity index (χ4n) is 2.63. The van der Waals surface area contributed by atoms with Crippen LogP contribution in [0.1, 0.15) is 50.8 Å². The summed E-state index contributed by atoms with van der Waals surface area (Å²) in [5.74, 6) is 0. The molecule has 24 heavy (non-hydrogen) atoms. The van der Waals surface area contributed by atoms with Crippen molar-refractivity contribution in [2.24, 2.45) is 0 Å². The number of rotatable bonds is 13. The van der Waals surface area contributed by atoms with E-state index in [4.69, 9.17) is 13.3 Å². The summed E-state index contributed by atoms with van der Waals surface area (Å²) in [5.41, 5.74) is 1.96. The Hall–Kier alpha value is -1.02. The molecular formula is C18H30O5Si. The SMILES string of the molecule is C=Cc1ccc(C(CCC[Si](OCC)(OCC)OCC)OO)cc1. The molecule has 0 amide bonds. The average molecular weight is 355 g/mol. The lowest BCUT2D eigenvalue weighted by Crippen LogP contribution is -2.45. The van der Waals surface area contributed by atoms with Gasteiger partial charge < -0.3 is 13.3 Å². The van der Waals surface area contributed by atoms with Crippen LogP contribution in [-0.2, 0) is 18.2 Å². The molecule has 0 saturated carbocycles. The molecule has 1 atom stereocenters. The Morgan fingerprint density at radius 1 is 1.04 bits per heavy atom. The smallest absolute Gasteiger partial charge is 0.374 e. The largest absolute Gasteiger partial charge is 0.500 e. The predicted octanol–water partition coefficient (Wildman–Crippen LogP) is 4.69. The molecule has 0 fully saturated rings. The highest BCUT2D eigenvalue weighted by molar-refractivity contribution is 6.60. The van der Waals surface area contributed by atoms with Crippen LogP contribution < -0.4 is 0 Å². The van der Waals surface area contributed by atoms with Gasteiger partial charge in [0.25, 0.3) is 0 Å². The fourth-order valence-corrected chi connectivity index (χ4v) is 5.27. The van der Waals surface area contributed by atoms with Gasteiger partial charge in [-0.1, -0.05) is 36.9 Å². The molecule has 0 heterocycles. The normalized spacial score (nSPS) is 13.0. The Morgan fingerprint density at radius 3 is 2.00 bits per heavy atom. The van der Waals surface area contributed by atoms with Crippen LogP contribution in [-0.4, -0.2) is 33.9 Å². The van der Waals surface area contributed by atoms with Crippen LogP contribution in [0.25, 0.3) is 6.08 Å². The van der Waals surface area contributed by atoms with Gasteiger partial charge in [-0.05, 0) is 44.7 Å². The monoisotopic (exact) mass is 354 g/mol. The molecule has 0 aliphatic carbocycles. The number of hydrogen-bond donors (Lipinski definition) is 1. The van der Waals surface area contributed by atoms with Gasteiger partial charge in [-0.3, -0.25) is 5.26 Å². The van der Waals surface area contributed by atoms with E-state index in [1.54, 1.807) is 6.08 Å². The quantitative estimate of drug-likeness (QED) is 0.316. The highest BCUT2D eigenvalue weighted by Gasteiger charge is 2.39. The third-order valence-corrected chi connectivity index (χ3v) is 6.86. The topological polar surface area (TPSA) is 57.2 Å². The van der Waals surface area contributed by atoms with E-state index in [0.717, 1.165) is 17.5 Å². The first-order chi connectivity index (χ1) is 11.6. The molecule has 136 valence electrons. The molecular weight excluding hydrogens is 324 g/mol. The lowest BCUT2D eigenvalue weighted by molar-refractivity contribution is -0.283. The van der Waals surface area contributed by atoms with Crippen molar-refractivity contribution in [3.05, 3.63) is 42.0 Å². The van der Waals surface area contributed by atoms with Gasteiger partial charge in [0.1, 0.15) is 6.10 Å². The maximum atomic E-state index is 9.24. The zero-order chi connectivity index (χ0) is 17.8. The maximum absolute atomic E-state index is 9.24. The molecule has 6 heteroatoms. The third-order valence-electron chi connectivity index (χ3n) is 3.71. The second-order valence-electron chi connectivity index (χ2n) is 5.34. The van der Waals surface area contributed by atoms with Crippen molar-refractivity contribution in [1.29, 1.82) is 0 Å². The molecule has 0 saturated heterocycles. The standard InChI is InChI=1S/C18H30O5Si/c1-5-16-11-13-17(14-12-16)18(23-19)10-9-15-24(20-6-2,21-7-3)22-8-4/h5,11-14,18-19H,1,6-10,15H2,2-4H3. The molecule has 0 aliphatic heterocycles. The Morgan fingerprint density at radius 2 is 1.58 bits per heavy atom. The summed E-state index contributed by atoms with van der Waals surface area (Å²) in [7, 11) is -2.64. The first-order valence-corrected chi connectivity index (χ1v) is 10.5. The molecule has 1 N–H and O–H groups in total. The first-order valence-electron chi connectivity index (χ1n) is 8.59. The van der Waals surface area contributed by atoms with Crippen LogP contribution in [0, 0.1) is 0 Å². The van der Waals surface area contributed by atoms with Crippen LogP contribution in [0.2, 0.25) is 6.04 Å². The zero-order valence-electron chi connectivity index (χ0n) is 15.0. The van der Waals surface area contributed by atoms with Crippen LogP contribution in [0.3, 0.4) is 0 Å². The van der Waals surface area contributed by atoms with Gasteiger partial charge in [0.2, 0.25) is 0 Å². The summed E-state index contributed by atoms with van der Waals surface area (Å²) >= 11 is 0. The summed E-state index contributed by atoms with van der Waals surface area (Å²) in [6.07, 6.45) is 2.85. The van der Waals surface area contributed by atoms with E-state index >= 15 is 0 Å². The average Bonchev–Trinajstić information content (AvgIpc) is 2.60. The molecule has 0 aromatic heterocycles. The van der Waals surface area contributed by atoms with Gasteiger partial charge in [0.05, 0.1) is 0 Å². The Kier molecular flexibility index (Phi) is 10.1. The van der Waals surface area contributed by atoms with E-state index in [9.17, 15) is 5.26 Å². The molecule has 0 radical (unpaired) electrons. The third kappa shape index (κ3) is 6.47. The van der Waals surface area contributed by atoms with Gasteiger partial charge in [-0.15, -0.1) is 0 Å². The Labute approximate surface area is 146 Å². The molecule has 5 nitrogen and oxygen atoms in total. The van der Waals surface area contributed by atoms with Crippen molar-refractivity contribution in [3.8, 4) is 0 Å². The van der Waals surface area contributed by atoms with E-state index in [1.165, 1.54) is 0 Å². The van der Waals surface area contributed by atoms with Crippen LogP contribution in [0.15, 0.2) is 30.8 Å². The van der Waals surface area contributed by atoms with Gasteiger partial charge in [-0.25, -0.2) is 4.89 Å². The minimum Gasteiger partial charge on any atom is -0.374 e. The number of benzene rings is 1. The maximum Gasteiger partial charge on any atom is 0.500 e. The Balaban J connectivity index is 2.66. The van der Waals surface area contributed by atoms with E-state index in [0.29, 0.717) is 32.3 Å². The first kappa shape index (κ1) is 21.0. The van der Waals surface area contributed by atoms with Crippen molar-refractivity contribution in [2.45, 2.75) is 45.8 Å². The van der Waals surface area contributed by atoms with Crippen molar-refractivity contribution in [2.75, 3.05) is 19.8 Å². The van der Waals surface area contributed by atoms with E-state index < -0.39 is 8.80 Å². The fraction of sp³-hybridized carbons (Fsp3) is 0.556. The van der Waals surface area contributed by atoms with Crippen molar-refractivity contribution in [1.82, 2.24) is 0 Å². The van der Waals surface area contributed by atoms with Gasteiger partial charge in [0.15, 0.2) is 0 Å². The van der Waals surface area contributed by atoms with E-state index in [-0.39, 0.29) is 6.10 Å². The van der Waals surface area contributed by atoms with Gasteiger partial charge in [-0.2, -0.15) is 0 Å².